The van der Waals surface area contributed by atoms with Gasteiger partial charge in [-0.2, -0.15) is 9.78 Å². The first-order valence-electron chi connectivity index (χ1n) is 10.0. The van der Waals surface area contributed by atoms with E-state index >= 15 is 0 Å². The second-order valence-electron chi connectivity index (χ2n) is 7.27. The number of carbonyl (C=O) groups is 1. The third-order valence-electron chi connectivity index (χ3n) is 5.14. The van der Waals surface area contributed by atoms with Crippen LogP contribution >= 0.6 is 0 Å². The van der Waals surface area contributed by atoms with E-state index in [-0.39, 0.29) is 6.03 Å². The molecule has 29 heavy (non-hydrogen) atoms. The molecule has 6 nitrogen and oxygen atoms in total. The molecule has 0 radical (unpaired) electrons. The van der Waals surface area contributed by atoms with Crippen molar-refractivity contribution in [2.75, 3.05) is 26.2 Å². The molecule has 1 aliphatic rings. The molecule has 1 saturated heterocycles. The standard InChI is InChI=1S/C23H26N4O2/c28-23(27-15-4-12-24-27)26-14-5-13-25(16-17-26)18-20-8-10-22(11-9-20)29-19-21-6-2-1-3-7-21/h1-4,6-12,15H,5,13-14,16-19H2. The highest BCUT2D eigenvalue weighted by atomic mass is 16.5. The predicted octanol–water partition coefficient (Wildman–Crippen LogP) is 3.64. The number of benzene rings is 2. The Morgan fingerprint density at radius 2 is 1.72 bits per heavy atom. The Bertz CT molecular complexity index is 894. The molecule has 3 aromatic rings. The topological polar surface area (TPSA) is 50.6 Å². The van der Waals surface area contributed by atoms with E-state index < -0.39 is 0 Å². The van der Waals surface area contributed by atoms with Crippen molar-refractivity contribution >= 4 is 6.03 Å². The quantitative estimate of drug-likeness (QED) is 0.667. The summed E-state index contributed by atoms with van der Waals surface area (Å²) in [6.07, 6.45) is 4.30. The van der Waals surface area contributed by atoms with Crippen LogP contribution in [-0.2, 0) is 13.2 Å². The maximum Gasteiger partial charge on any atom is 0.344 e. The van der Waals surface area contributed by atoms with E-state index in [0.29, 0.717) is 6.61 Å². The summed E-state index contributed by atoms with van der Waals surface area (Å²) >= 11 is 0. The van der Waals surface area contributed by atoms with Crippen molar-refractivity contribution in [3.05, 3.63) is 84.2 Å². The molecule has 4 rings (SSSR count). The predicted molar refractivity (Wildman–Crippen MR) is 112 cm³/mol. The third-order valence-corrected chi connectivity index (χ3v) is 5.14. The molecule has 0 bridgehead atoms. The minimum Gasteiger partial charge on any atom is -0.489 e. The lowest BCUT2D eigenvalue weighted by atomic mass is 10.2. The Balaban J connectivity index is 1.27. The van der Waals surface area contributed by atoms with Gasteiger partial charge in [0.15, 0.2) is 0 Å². The van der Waals surface area contributed by atoms with E-state index in [1.54, 1.807) is 18.5 Å². The van der Waals surface area contributed by atoms with Gasteiger partial charge in [0, 0.05) is 45.1 Å². The maximum absolute atomic E-state index is 12.5. The molecule has 1 fully saturated rings. The van der Waals surface area contributed by atoms with Gasteiger partial charge in [-0.25, -0.2) is 4.79 Å². The first-order chi connectivity index (χ1) is 14.3. The summed E-state index contributed by atoms with van der Waals surface area (Å²) in [6.45, 7) is 4.78. The highest BCUT2D eigenvalue weighted by molar-refractivity contribution is 5.75. The van der Waals surface area contributed by atoms with Crippen LogP contribution < -0.4 is 4.74 Å². The summed E-state index contributed by atoms with van der Waals surface area (Å²) in [4.78, 5) is 16.8. The van der Waals surface area contributed by atoms with Crippen molar-refractivity contribution in [1.29, 1.82) is 0 Å². The molecule has 0 aliphatic carbocycles. The van der Waals surface area contributed by atoms with Crippen LogP contribution in [0.25, 0.3) is 0 Å². The molecule has 0 saturated carbocycles. The van der Waals surface area contributed by atoms with Gasteiger partial charge in [-0.05, 0) is 35.7 Å². The van der Waals surface area contributed by atoms with Crippen LogP contribution in [0, 0.1) is 0 Å². The molecule has 2 aromatic carbocycles. The summed E-state index contributed by atoms with van der Waals surface area (Å²) in [5, 5.41) is 4.05. The van der Waals surface area contributed by atoms with Crippen molar-refractivity contribution in [1.82, 2.24) is 19.6 Å². The minimum absolute atomic E-state index is 0.0447. The summed E-state index contributed by atoms with van der Waals surface area (Å²) < 4.78 is 7.27. The number of hydrogen-bond acceptors (Lipinski definition) is 4. The average molecular weight is 390 g/mol. The highest BCUT2D eigenvalue weighted by Gasteiger charge is 2.20. The van der Waals surface area contributed by atoms with E-state index in [2.05, 4.69) is 34.3 Å². The first-order valence-corrected chi connectivity index (χ1v) is 10.0. The number of rotatable bonds is 5. The Morgan fingerprint density at radius 3 is 2.48 bits per heavy atom. The van der Waals surface area contributed by atoms with Crippen LogP contribution in [0.2, 0.25) is 0 Å². The fourth-order valence-electron chi connectivity index (χ4n) is 3.54. The number of carbonyl (C=O) groups excluding carboxylic acids is 1. The number of amides is 1. The number of hydrogen-bond donors (Lipinski definition) is 0. The third kappa shape index (κ3) is 5.23. The number of aromatic nitrogens is 2. The number of nitrogens with zero attached hydrogens (tertiary/aromatic N) is 4. The van der Waals surface area contributed by atoms with E-state index in [1.807, 2.05) is 35.2 Å². The zero-order chi connectivity index (χ0) is 19.9. The van der Waals surface area contributed by atoms with Gasteiger partial charge in [-0.15, -0.1) is 0 Å². The van der Waals surface area contributed by atoms with Crippen LogP contribution in [0.15, 0.2) is 73.1 Å². The highest BCUT2D eigenvalue weighted by Crippen LogP contribution is 2.16. The first kappa shape index (κ1) is 19.2. The van der Waals surface area contributed by atoms with Gasteiger partial charge in [0.1, 0.15) is 12.4 Å². The minimum atomic E-state index is -0.0447. The van der Waals surface area contributed by atoms with Crippen molar-refractivity contribution in [2.45, 2.75) is 19.6 Å². The monoisotopic (exact) mass is 390 g/mol. The molecule has 6 heteroatoms. The lowest BCUT2D eigenvalue weighted by Crippen LogP contribution is -2.38. The molecule has 1 aromatic heterocycles. The van der Waals surface area contributed by atoms with Gasteiger partial charge in [0.05, 0.1) is 0 Å². The van der Waals surface area contributed by atoms with Gasteiger partial charge in [0.25, 0.3) is 0 Å². The van der Waals surface area contributed by atoms with Crippen molar-refractivity contribution < 1.29 is 9.53 Å². The van der Waals surface area contributed by atoms with Crippen molar-refractivity contribution in [2.24, 2.45) is 0 Å². The Hall–Kier alpha value is -3.12. The lowest BCUT2D eigenvalue weighted by molar-refractivity contribution is 0.196. The fourth-order valence-corrected chi connectivity index (χ4v) is 3.54. The van der Waals surface area contributed by atoms with Crippen LogP contribution in [-0.4, -0.2) is 51.8 Å². The normalized spacial score (nSPS) is 15.1. The summed E-state index contributed by atoms with van der Waals surface area (Å²) in [6, 6.07) is 20.2. The Kier molecular flexibility index (Phi) is 6.22. The maximum atomic E-state index is 12.5. The largest absolute Gasteiger partial charge is 0.489 e. The molecule has 150 valence electrons. The second-order valence-corrected chi connectivity index (χ2v) is 7.27. The lowest BCUT2D eigenvalue weighted by Gasteiger charge is -2.22. The molecule has 0 spiro atoms. The van der Waals surface area contributed by atoms with Gasteiger partial charge in [-0.3, -0.25) is 4.90 Å². The Morgan fingerprint density at radius 1 is 0.897 bits per heavy atom. The summed E-state index contributed by atoms with van der Waals surface area (Å²) in [5.74, 6) is 0.879. The molecule has 2 heterocycles. The van der Waals surface area contributed by atoms with Crippen molar-refractivity contribution in [3.8, 4) is 5.75 Å². The van der Waals surface area contributed by atoms with Gasteiger partial charge < -0.3 is 9.64 Å². The van der Waals surface area contributed by atoms with E-state index in [4.69, 9.17) is 4.74 Å². The molecule has 1 aliphatic heterocycles. The van der Waals surface area contributed by atoms with Gasteiger partial charge in [0.2, 0.25) is 0 Å². The van der Waals surface area contributed by atoms with Crippen LogP contribution in [0.3, 0.4) is 0 Å². The van der Waals surface area contributed by atoms with Crippen LogP contribution in [0.5, 0.6) is 5.75 Å². The van der Waals surface area contributed by atoms with Gasteiger partial charge in [-0.1, -0.05) is 42.5 Å². The van der Waals surface area contributed by atoms with E-state index in [9.17, 15) is 4.79 Å². The molecule has 1 amide bonds. The summed E-state index contributed by atoms with van der Waals surface area (Å²) in [5.41, 5.74) is 2.42. The SMILES string of the molecule is O=C(N1CCCN(Cc2ccc(OCc3ccccc3)cc2)CC1)n1cccn1. The van der Waals surface area contributed by atoms with Gasteiger partial charge >= 0.3 is 6.03 Å². The van der Waals surface area contributed by atoms with E-state index in [1.165, 1.54) is 10.2 Å². The van der Waals surface area contributed by atoms with Crippen LogP contribution in [0.4, 0.5) is 4.79 Å². The zero-order valence-corrected chi connectivity index (χ0v) is 16.5. The number of ether oxygens (including phenoxy) is 1. The fraction of sp³-hybridized carbons (Fsp3) is 0.304. The molecular formula is C23H26N4O2. The van der Waals surface area contributed by atoms with Crippen LogP contribution in [0.1, 0.15) is 17.5 Å². The average Bonchev–Trinajstić information content (AvgIpc) is 3.21. The van der Waals surface area contributed by atoms with E-state index in [0.717, 1.165) is 50.5 Å². The molecule has 0 atom stereocenters. The molecular weight excluding hydrogens is 364 g/mol. The molecule has 0 N–H and O–H groups in total. The summed E-state index contributed by atoms with van der Waals surface area (Å²) in [7, 11) is 0. The molecule has 0 unspecified atom stereocenters. The zero-order valence-electron chi connectivity index (χ0n) is 16.5. The Labute approximate surface area is 171 Å². The smallest absolute Gasteiger partial charge is 0.344 e. The van der Waals surface area contributed by atoms with Crippen molar-refractivity contribution in [3.63, 3.8) is 0 Å². The second kappa shape index (κ2) is 9.39.